The summed E-state index contributed by atoms with van der Waals surface area (Å²) in [5.41, 5.74) is 2.52. The Morgan fingerprint density at radius 1 is 1.21 bits per heavy atom. The number of hydrogen-bond acceptors (Lipinski definition) is 4. The number of aryl methyl sites for hydroxylation is 1. The van der Waals surface area contributed by atoms with Crippen LogP contribution in [0.5, 0.6) is 5.75 Å². The average molecular weight is 342 g/mol. The smallest absolute Gasteiger partial charge is 0.245 e. The molecule has 2 aromatic carbocycles. The first-order valence-electron chi connectivity index (χ1n) is 7.38. The predicted octanol–water partition coefficient (Wildman–Crippen LogP) is 4.24. The fraction of sp³-hybridized carbons (Fsp3) is 0.167. The molecular weight excluding hydrogens is 326 g/mol. The highest BCUT2D eigenvalue weighted by molar-refractivity contribution is 6.30. The van der Waals surface area contributed by atoms with E-state index in [1.54, 1.807) is 13.2 Å². The Balaban J connectivity index is 2.16. The first kappa shape index (κ1) is 16.2. The van der Waals surface area contributed by atoms with Crippen molar-refractivity contribution >= 4 is 17.5 Å². The van der Waals surface area contributed by atoms with Crippen molar-refractivity contribution in [2.24, 2.45) is 0 Å². The summed E-state index contributed by atoms with van der Waals surface area (Å²) < 4.78 is 6.54. The van der Waals surface area contributed by atoms with Crippen LogP contribution >= 0.6 is 11.6 Å². The number of nitrogens with zero attached hydrogens (tertiary/aromatic N) is 3. The van der Waals surface area contributed by atoms with Crippen LogP contribution in [-0.2, 0) is 0 Å². The van der Waals surface area contributed by atoms with Gasteiger partial charge in [-0.15, -0.1) is 5.10 Å². The number of aromatic nitrogens is 3. The summed E-state index contributed by atoms with van der Waals surface area (Å²) in [7, 11) is 1.60. The third kappa shape index (κ3) is 3.03. The standard InChI is InChI=1S/C18H16ClN3O2/c1-11-9-14(19)7-8-16(11)18-20-17(21-22(18)12(2)23)13-5-4-6-15(10-13)24-3/h4-10H,1-3H3. The number of ether oxygens (including phenoxy) is 1. The summed E-state index contributed by atoms with van der Waals surface area (Å²) >= 11 is 6.02. The quantitative estimate of drug-likeness (QED) is 0.715. The second-order valence-corrected chi connectivity index (χ2v) is 5.82. The third-order valence-electron chi connectivity index (χ3n) is 3.66. The highest BCUT2D eigenvalue weighted by atomic mass is 35.5. The normalized spacial score (nSPS) is 10.7. The number of methoxy groups -OCH3 is 1. The van der Waals surface area contributed by atoms with Gasteiger partial charge in [0.15, 0.2) is 11.6 Å². The molecule has 1 aromatic heterocycles. The van der Waals surface area contributed by atoms with E-state index in [1.807, 2.05) is 43.3 Å². The Labute approximate surface area is 144 Å². The summed E-state index contributed by atoms with van der Waals surface area (Å²) in [6, 6.07) is 12.9. The Morgan fingerprint density at radius 3 is 2.67 bits per heavy atom. The van der Waals surface area contributed by atoms with Crippen molar-refractivity contribution in [1.82, 2.24) is 14.8 Å². The number of rotatable bonds is 3. The van der Waals surface area contributed by atoms with Crippen LogP contribution in [0.25, 0.3) is 22.8 Å². The largest absolute Gasteiger partial charge is 0.497 e. The van der Waals surface area contributed by atoms with E-state index in [0.29, 0.717) is 22.4 Å². The SMILES string of the molecule is COc1cccc(-c2nc(-c3ccc(Cl)cc3C)n(C(C)=O)n2)c1. The lowest BCUT2D eigenvalue weighted by Crippen LogP contribution is -2.10. The van der Waals surface area contributed by atoms with Gasteiger partial charge in [0, 0.05) is 23.1 Å². The third-order valence-corrected chi connectivity index (χ3v) is 3.90. The molecule has 0 amide bonds. The van der Waals surface area contributed by atoms with Crippen molar-refractivity contribution in [2.45, 2.75) is 13.8 Å². The fourth-order valence-electron chi connectivity index (χ4n) is 2.47. The van der Waals surface area contributed by atoms with Gasteiger partial charge in [-0.2, -0.15) is 4.68 Å². The maximum absolute atomic E-state index is 12.0. The average Bonchev–Trinajstić information content (AvgIpc) is 3.00. The summed E-state index contributed by atoms with van der Waals surface area (Å²) in [4.78, 5) is 16.6. The molecule has 0 saturated heterocycles. The molecule has 0 spiro atoms. The zero-order chi connectivity index (χ0) is 17.3. The van der Waals surface area contributed by atoms with E-state index in [1.165, 1.54) is 11.6 Å². The predicted molar refractivity (Wildman–Crippen MR) is 93.5 cm³/mol. The van der Waals surface area contributed by atoms with Gasteiger partial charge in [0.1, 0.15) is 5.75 Å². The van der Waals surface area contributed by atoms with Crippen LogP contribution in [0.2, 0.25) is 5.02 Å². The van der Waals surface area contributed by atoms with Gasteiger partial charge in [-0.1, -0.05) is 23.7 Å². The molecule has 0 atom stereocenters. The van der Waals surface area contributed by atoms with Crippen LogP contribution in [0, 0.1) is 6.92 Å². The fourth-order valence-corrected chi connectivity index (χ4v) is 2.70. The Hall–Kier alpha value is -2.66. The molecule has 3 aromatic rings. The van der Waals surface area contributed by atoms with Crippen molar-refractivity contribution < 1.29 is 9.53 Å². The van der Waals surface area contributed by atoms with E-state index < -0.39 is 0 Å². The molecular formula is C18H16ClN3O2. The van der Waals surface area contributed by atoms with Crippen LogP contribution in [0.4, 0.5) is 0 Å². The minimum absolute atomic E-state index is 0.207. The summed E-state index contributed by atoms with van der Waals surface area (Å²) in [6.07, 6.45) is 0. The van der Waals surface area contributed by atoms with Gasteiger partial charge in [0.05, 0.1) is 7.11 Å². The molecule has 0 fully saturated rings. The van der Waals surface area contributed by atoms with Gasteiger partial charge in [0.2, 0.25) is 5.91 Å². The van der Waals surface area contributed by atoms with Gasteiger partial charge in [-0.05, 0) is 42.8 Å². The van der Waals surface area contributed by atoms with Crippen LogP contribution in [0.1, 0.15) is 17.3 Å². The topological polar surface area (TPSA) is 57.0 Å². The van der Waals surface area contributed by atoms with Gasteiger partial charge in [-0.25, -0.2) is 4.98 Å². The van der Waals surface area contributed by atoms with Crippen molar-refractivity contribution in [3.63, 3.8) is 0 Å². The van der Waals surface area contributed by atoms with Crippen molar-refractivity contribution in [3.05, 3.63) is 53.1 Å². The Kier molecular flexibility index (Phi) is 4.36. The molecule has 0 unspecified atom stereocenters. The van der Waals surface area contributed by atoms with E-state index in [-0.39, 0.29) is 5.91 Å². The molecule has 0 aliphatic carbocycles. The van der Waals surface area contributed by atoms with Crippen LogP contribution in [0.15, 0.2) is 42.5 Å². The zero-order valence-corrected chi connectivity index (χ0v) is 14.3. The highest BCUT2D eigenvalue weighted by Gasteiger charge is 2.18. The monoisotopic (exact) mass is 341 g/mol. The maximum Gasteiger partial charge on any atom is 0.245 e. The minimum Gasteiger partial charge on any atom is -0.497 e. The molecule has 1 heterocycles. The molecule has 6 heteroatoms. The van der Waals surface area contributed by atoms with E-state index in [9.17, 15) is 4.79 Å². The molecule has 5 nitrogen and oxygen atoms in total. The summed E-state index contributed by atoms with van der Waals surface area (Å²) in [6.45, 7) is 3.38. The van der Waals surface area contributed by atoms with Crippen molar-refractivity contribution in [1.29, 1.82) is 0 Å². The van der Waals surface area contributed by atoms with Crippen molar-refractivity contribution in [2.75, 3.05) is 7.11 Å². The van der Waals surface area contributed by atoms with E-state index in [2.05, 4.69) is 10.1 Å². The lowest BCUT2D eigenvalue weighted by molar-refractivity contribution is 0.0923. The first-order valence-corrected chi connectivity index (χ1v) is 7.76. The molecule has 0 aliphatic heterocycles. The maximum atomic E-state index is 12.0. The Morgan fingerprint density at radius 2 is 2.00 bits per heavy atom. The lowest BCUT2D eigenvalue weighted by Gasteiger charge is -2.05. The highest BCUT2D eigenvalue weighted by Crippen LogP contribution is 2.28. The second kappa shape index (κ2) is 6.45. The lowest BCUT2D eigenvalue weighted by atomic mass is 10.1. The van der Waals surface area contributed by atoms with Gasteiger partial charge >= 0.3 is 0 Å². The zero-order valence-electron chi connectivity index (χ0n) is 13.6. The number of benzene rings is 2. The molecule has 0 radical (unpaired) electrons. The number of hydrogen-bond donors (Lipinski definition) is 0. The number of halogens is 1. The van der Waals surface area contributed by atoms with E-state index in [4.69, 9.17) is 16.3 Å². The number of carbonyl (C=O) groups is 1. The molecule has 3 rings (SSSR count). The summed E-state index contributed by atoms with van der Waals surface area (Å²) in [5, 5.41) is 5.00. The van der Waals surface area contributed by atoms with Gasteiger partial charge in [0.25, 0.3) is 0 Å². The van der Waals surface area contributed by atoms with E-state index in [0.717, 1.165) is 16.7 Å². The molecule has 24 heavy (non-hydrogen) atoms. The Bertz CT molecular complexity index is 918. The van der Waals surface area contributed by atoms with E-state index >= 15 is 0 Å². The molecule has 0 aliphatic rings. The van der Waals surface area contributed by atoms with Crippen LogP contribution in [-0.4, -0.2) is 27.8 Å². The van der Waals surface area contributed by atoms with Crippen LogP contribution in [0.3, 0.4) is 0 Å². The van der Waals surface area contributed by atoms with Gasteiger partial charge in [-0.3, -0.25) is 4.79 Å². The molecule has 122 valence electrons. The summed E-state index contributed by atoms with van der Waals surface area (Å²) in [5.74, 6) is 1.46. The minimum atomic E-state index is -0.207. The molecule has 0 N–H and O–H groups in total. The van der Waals surface area contributed by atoms with Crippen LogP contribution < -0.4 is 4.74 Å². The molecule has 0 bridgehead atoms. The number of carbonyl (C=O) groups excluding carboxylic acids is 1. The molecule has 0 saturated carbocycles. The second-order valence-electron chi connectivity index (χ2n) is 5.38. The van der Waals surface area contributed by atoms with Crippen molar-refractivity contribution in [3.8, 4) is 28.5 Å². The van der Waals surface area contributed by atoms with Gasteiger partial charge < -0.3 is 4.74 Å². The first-order chi connectivity index (χ1) is 11.5.